The number of sulfonamides is 1. The van der Waals surface area contributed by atoms with Gasteiger partial charge in [-0.05, 0) is 43.2 Å². The highest BCUT2D eigenvalue weighted by atomic mass is 32.2. The molecule has 1 amide bonds. The summed E-state index contributed by atoms with van der Waals surface area (Å²) in [6.07, 6.45) is 6.32. The maximum atomic E-state index is 12.6. The normalized spacial score (nSPS) is 14.8. The Labute approximate surface area is 168 Å². The number of aliphatic imine (C=N–C) groups is 1. The Balaban J connectivity index is 1.56. The number of nitrogens with one attached hydrogen (secondary N) is 2. The first-order valence-electron chi connectivity index (χ1n) is 9.18. The number of hydrogen-bond donors (Lipinski definition) is 2. The Morgan fingerprint density at radius 2 is 2.14 bits per heavy atom. The minimum absolute atomic E-state index is 0.0407. The van der Waals surface area contributed by atoms with Crippen LogP contribution in [0.5, 0.6) is 0 Å². The number of anilines is 1. The van der Waals surface area contributed by atoms with Crippen molar-refractivity contribution in [3.63, 3.8) is 0 Å². The van der Waals surface area contributed by atoms with E-state index in [9.17, 15) is 13.2 Å². The minimum atomic E-state index is -3.78. The molecule has 0 saturated carbocycles. The molecule has 29 heavy (non-hydrogen) atoms. The van der Waals surface area contributed by atoms with Crippen LogP contribution in [-0.4, -0.2) is 39.5 Å². The molecule has 154 valence electrons. The smallest absolute Gasteiger partial charge is 0.265 e. The summed E-state index contributed by atoms with van der Waals surface area (Å²) < 4.78 is 32.8. The summed E-state index contributed by atoms with van der Waals surface area (Å²) in [6.45, 7) is 0.291. The molecule has 0 radical (unpaired) electrons. The van der Waals surface area contributed by atoms with Crippen LogP contribution >= 0.6 is 0 Å². The van der Waals surface area contributed by atoms with E-state index in [1.807, 2.05) is 0 Å². The highest BCUT2D eigenvalue weighted by molar-refractivity contribution is 7.90. The second kappa shape index (κ2) is 9.87. The van der Waals surface area contributed by atoms with Crippen molar-refractivity contribution in [2.75, 3.05) is 18.5 Å². The number of rotatable bonds is 7. The molecule has 0 spiro atoms. The quantitative estimate of drug-likeness (QED) is 0.528. The Hall–Kier alpha value is -3.14. The number of amidine groups is 1. The first-order valence-corrected chi connectivity index (χ1v) is 10.7. The molecule has 0 atom stereocenters. The van der Waals surface area contributed by atoms with Gasteiger partial charge in [0.05, 0.1) is 11.2 Å². The van der Waals surface area contributed by atoms with Gasteiger partial charge < -0.3 is 14.6 Å². The monoisotopic (exact) mass is 418 g/mol. The third-order valence-corrected chi connectivity index (χ3v) is 5.43. The van der Waals surface area contributed by atoms with Gasteiger partial charge in [0.25, 0.3) is 15.9 Å². The van der Waals surface area contributed by atoms with Gasteiger partial charge in [0.15, 0.2) is 6.61 Å². The van der Waals surface area contributed by atoms with Crippen molar-refractivity contribution in [3.05, 3.63) is 48.4 Å². The molecule has 1 aliphatic heterocycles. The fraction of sp³-hybridized carbons (Fsp3) is 0.316. The highest BCUT2D eigenvalue weighted by Crippen LogP contribution is 2.16. The Kier molecular flexibility index (Phi) is 7.01. The van der Waals surface area contributed by atoms with E-state index in [0.717, 1.165) is 19.3 Å². The van der Waals surface area contributed by atoms with Gasteiger partial charge in [-0.25, -0.2) is 8.42 Å². The molecule has 0 unspecified atom stereocenters. The number of oxime groups is 1. The summed E-state index contributed by atoms with van der Waals surface area (Å²) in [4.78, 5) is 21.2. The van der Waals surface area contributed by atoms with E-state index in [2.05, 4.69) is 20.2 Å². The van der Waals surface area contributed by atoms with Crippen LogP contribution < -0.4 is 10.0 Å². The summed E-state index contributed by atoms with van der Waals surface area (Å²) in [6, 6.07) is 9.37. The lowest BCUT2D eigenvalue weighted by Crippen LogP contribution is -2.30. The predicted octanol–water partition coefficient (Wildman–Crippen LogP) is 2.52. The number of carbonyl (C=O) groups excluding carboxylic acids is 1. The summed E-state index contributed by atoms with van der Waals surface area (Å²) in [5.74, 6) is 0.492. The van der Waals surface area contributed by atoms with Crippen LogP contribution in [0.4, 0.5) is 5.69 Å². The average Bonchev–Trinajstić information content (AvgIpc) is 3.09. The summed E-state index contributed by atoms with van der Waals surface area (Å²) in [5.41, 5.74) is 0.333. The fourth-order valence-corrected chi connectivity index (χ4v) is 3.79. The van der Waals surface area contributed by atoms with Gasteiger partial charge in [-0.15, -0.1) is 0 Å². The van der Waals surface area contributed by atoms with Gasteiger partial charge in [-0.1, -0.05) is 17.6 Å². The van der Waals surface area contributed by atoms with Crippen molar-refractivity contribution in [1.82, 2.24) is 4.72 Å². The van der Waals surface area contributed by atoms with E-state index in [1.54, 1.807) is 24.3 Å². The van der Waals surface area contributed by atoms with Crippen LogP contribution in [0.25, 0.3) is 0 Å². The predicted molar refractivity (Wildman–Crippen MR) is 108 cm³/mol. The zero-order chi connectivity index (χ0) is 20.5. The Bertz CT molecular complexity index is 984. The maximum absolute atomic E-state index is 12.6. The van der Waals surface area contributed by atoms with Crippen molar-refractivity contribution >= 4 is 33.7 Å². The molecular formula is C19H22N4O5S. The van der Waals surface area contributed by atoms with E-state index in [1.165, 1.54) is 24.6 Å². The first-order chi connectivity index (χ1) is 14.0. The molecular weight excluding hydrogens is 396 g/mol. The van der Waals surface area contributed by atoms with Crippen LogP contribution in [0.2, 0.25) is 0 Å². The van der Waals surface area contributed by atoms with Crippen LogP contribution in [0.3, 0.4) is 0 Å². The first kappa shape index (κ1) is 20.6. The zero-order valence-electron chi connectivity index (χ0n) is 15.7. The fourth-order valence-electron chi connectivity index (χ4n) is 2.66. The molecule has 0 bridgehead atoms. The molecule has 0 aliphatic carbocycles. The lowest BCUT2D eigenvalue weighted by molar-refractivity contribution is -0.120. The van der Waals surface area contributed by atoms with Gasteiger partial charge in [0.2, 0.25) is 0 Å². The number of furan rings is 1. The molecule has 1 aliphatic rings. The molecule has 1 aromatic carbocycles. The molecule has 0 saturated heterocycles. The lowest BCUT2D eigenvalue weighted by Gasteiger charge is -2.11. The molecule has 10 heteroatoms. The van der Waals surface area contributed by atoms with Crippen molar-refractivity contribution in [1.29, 1.82) is 0 Å². The van der Waals surface area contributed by atoms with Gasteiger partial charge in [-0.2, -0.15) is 0 Å². The molecule has 0 fully saturated rings. The largest absolute Gasteiger partial charge is 0.463 e. The second-order valence-corrected chi connectivity index (χ2v) is 8.03. The Morgan fingerprint density at radius 3 is 2.97 bits per heavy atom. The third kappa shape index (κ3) is 6.46. The van der Waals surface area contributed by atoms with E-state index < -0.39 is 15.9 Å². The van der Waals surface area contributed by atoms with Gasteiger partial charge >= 0.3 is 0 Å². The van der Waals surface area contributed by atoms with Crippen LogP contribution in [0.15, 0.2) is 62.1 Å². The van der Waals surface area contributed by atoms with Crippen molar-refractivity contribution in [2.24, 2.45) is 10.1 Å². The molecule has 2 aromatic rings. The van der Waals surface area contributed by atoms with E-state index in [4.69, 9.17) is 9.25 Å². The maximum Gasteiger partial charge on any atom is 0.265 e. The molecule has 2 N–H and O–H groups in total. The van der Waals surface area contributed by atoms with E-state index in [-0.39, 0.29) is 11.5 Å². The van der Waals surface area contributed by atoms with Crippen LogP contribution in [0.1, 0.15) is 31.4 Å². The highest BCUT2D eigenvalue weighted by Gasteiger charge is 2.18. The van der Waals surface area contributed by atoms with Crippen molar-refractivity contribution in [2.45, 2.75) is 30.6 Å². The van der Waals surface area contributed by atoms with Crippen LogP contribution in [-0.2, 0) is 19.7 Å². The lowest BCUT2D eigenvalue weighted by atomic mass is 10.2. The second-order valence-electron chi connectivity index (χ2n) is 6.34. The van der Waals surface area contributed by atoms with Gasteiger partial charge in [0, 0.05) is 18.7 Å². The number of hydrogen-bond acceptors (Lipinski definition) is 7. The van der Waals surface area contributed by atoms with Gasteiger partial charge in [-0.3, -0.25) is 14.5 Å². The van der Waals surface area contributed by atoms with Crippen molar-refractivity contribution in [3.8, 4) is 0 Å². The molecule has 2 heterocycles. The Morgan fingerprint density at radius 1 is 1.24 bits per heavy atom. The van der Waals surface area contributed by atoms with E-state index in [0.29, 0.717) is 30.2 Å². The van der Waals surface area contributed by atoms with E-state index >= 15 is 0 Å². The zero-order valence-corrected chi connectivity index (χ0v) is 16.5. The van der Waals surface area contributed by atoms with Crippen LogP contribution in [0, 0.1) is 0 Å². The molecule has 9 nitrogen and oxygen atoms in total. The standard InChI is InChI=1S/C19H22N4O5S/c24-19(14-28-21-13-16-7-5-11-27-16)22-15-6-4-8-17(12-15)29(25,26)23-18-9-2-1-3-10-20-18/h4-8,11-13H,1-3,9-10,14H2,(H,20,23)(H,22,24)/b21-13+. The molecule has 3 rings (SSSR count). The summed E-state index contributed by atoms with van der Waals surface area (Å²) in [7, 11) is -3.78. The minimum Gasteiger partial charge on any atom is -0.463 e. The number of carbonyl (C=O) groups is 1. The molecule has 1 aromatic heterocycles. The van der Waals surface area contributed by atoms with Gasteiger partial charge in [0.1, 0.15) is 17.8 Å². The third-order valence-electron chi connectivity index (χ3n) is 4.05. The number of nitrogens with zero attached hydrogens (tertiary/aromatic N) is 2. The SMILES string of the molecule is O=C(CO/N=C/c1ccco1)Nc1cccc(S(=O)(=O)NC2=NCCCCC2)c1. The van der Waals surface area contributed by atoms with Crippen molar-refractivity contribution < 1.29 is 22.5 Å². The number of benzene rings is 1. The average molecular weight is 418 g/mol. The summed E-state index contributed by atoms with van der Waals surface area (Å²) >= 11 is 0. The number of amides is 1. The summed E-state index contributed by atoms with van der Waals surface area (Å²) in [5, 5.41) is 6.20. The topological polar surface area (TPSA) is 122 Å².